The molecule has 1 aromatic rings. The van der Waals surface area contributed by atoms with Gasteiger partial charge in [0.2, 0.25) is 10.0 Å². The Hall–Kier alpha value is 0.0500. The van der Waals surface area contributed by atoms with Gasteiger partial charge in [0.1, 0.15) is 4.90 Å². The van der Waals surface area contributed by atoms with Gasteiger partial charge in [-0.1, -0.05) is 6.92 Å². The van der Waals surface area contributed by atoms with Crippen LogP contribution in [-0.4, -0.2) is 33.4 Å². The Kier molecular flexibility index (Phi) is 4.93. The number of halogens is 1. The molecule has 0 saturated heterocycles. The van der Waals surface area contributed by atoms with Gasteiger partial charge in [0, 0.05) is 25.5 Å². The van der Waals surface area contributed by atoms with Crippen LogP contribution in [0.3, 0.4) is 0 Å². The Balaban J connectivity index is 3.03. The van der Waals surface area contributed by atoms with Crippen LogP contribution < -0.4 is 5.32 Å². The molecule has 0 unspecified atom stereocenters. The molecule has 0 atom stereocenters. The summed E-state index contributed by atoms with van der Waals surface area (Å²) in [5.41, 5.74) is 0. The van der Waals surface area contributed by atoms with Gasteiger partial charge >= 0.3 is 0 Å². The Morgan fingerprint density at radius 2 is 2.12 bits per heavy atom. The number of thiophene rings is 1. The van der Waals surface area contributed by atoms with Crippen LogP contribution in [0.15, 0.2) is 14.7 Å². The molecule has 0 aliphatic rings. The van der Waals surface area contributed by atoms with E-state index in [-0.39, 0.29) is 0 Å². The monoisotopic (exact) mass is 326 g/mol. The number of hydrogen-bond acceptors (Lipinski definition) is 4. The normalized spacial score (nSPS) is 12.3. The van der Waals surface area contributed by atoms with E-state index < -0.39 is 10.0 Å². The first-order valence-corrected chi connectivity index (χ1v) is 7.86. The molecule has 0 saturated carbocycles. The van der Waals surface area contributed by atoms with E-state index in [9.17, 15) is 8.42 Å². The highest BCUT2D eigenvalue weighted by Crippen LogP contribution is 2.32. The van der Waals surface area contributed by atoms with Crippen molar-refractivity contribution in [3.63, 3.8) is 0 Å². The molecule has 4 nitrogen and oxygen atoms in total. The van der Waals surface area contributed by atoms with Crippen molar-refractivity contribution < 1.29 is 8.42 Å². The molecule has 0 aliphatic carbocycles. The van der Waals surface area contributed by atoms with Crippen molar-refractivity contribution in [2.75, 3.05) is 20.6 Å². The zero-order chi connectivity index (χ0) is 12.3. The van der Waals surface area contributed by atoms with Crippen molar-refractivity contribution >= 4 is 37.3 Å². The van der Waals surface area contributed by atoms with E-state index in [1.165, 1.54) is 29.7 Å². The summed E-state index contributed by atoms with van der Waals surface area (Å²) in [5, 5.41) is 3.17. The largest absolute Gasteiger partial charge is 0.312 e. The van der Waals surface area contributed by atoms with Crippen LogP contribution in [-0.2, 0) is 16.6 Å². The molecule has 16 heavy (non-hydrogen) atoms. The van der Waals surface area contributed by atoms with E-state index in [1.54, 1.807) is 6.07 Å². The lowest BCUT2D eigenvalue weighted by Crippen LogP contribution is -2.22. The summed E-state index contributed by atoms with van der Waals surface area (Å²) in [4.78, 5) is 1.35. The van der Waals surface area contributed by atoms with Gasteiger partial charge < -0.3 is 5.32 Å². The van der Waals surface area contributed by atoms with E-state index in [0.717, 1.165) is 11.4 Å². The standard InChI is InChI=1S/C9H15BrN2O2S2/c1-4-11-6-7-5-8(9(10)15-7)16(13,14)12(2)3/h5,11H,4,6H2,1-3H3. The second kappa shape index (κ2) is 5.59. The van der Waals surface area contributed by atoms with E-state index in [1.807, 2.05) is 6.92 Å². The van der Waals surface area contributed by atoms with Crippen molar-refractivity contribution in [1.29, 1.82) is 0 Å². The van der Waals surface area contributed by atoms with Gasteiger partial charge in [-0.05, 0) is 28.5 Å². The molecule has 7 heteroatoms. The van der Waals surface area contributed by atoms with E-state index in [0.29, 0.717) is 15.2 Å². The molecule has 1 aromatic heterocycles. The first-order valence-electron chi connectivity index (χ1n) is 4.81. The van der Waals surface area contributed by atoms with Gasteiger partial charge in [-0.25, -0.2) is 12.7 Å². The van der Waals surface area contributed by atoms with Crippen LogP contribution in [0, 0.1) is 0 Å². The summed E-state index contributed by atoms with van der Waals surface area (Å²) in [5.74, 6) is 0. The number of sulfonamides is 1. The van der Waals surface area contributed by atoms with Crippen LogP contribution >= 0.6 is 27.3 Å². The van der Waals surface area contributed by atoms with Crippen LogP contribution in [0.25, 0.3) is 0 Å². The SMILES string of the molecule is CCNCc1cc(S(=O)(=O)N(C)C)c(Br)s1. The molecule has 0 fully saturated rings. The lowest BCUT2D eigenvalue weighted by Gasteiger charge is -2.09. The maximum atomic E-state index is 11.9. The molecule has 0 bridgehead atoms. The molecule has 0 spiro atoms. The summed E-state index contributed by atoms with van der Waals surface area (Å²) >= 11 is 4.74. The summed E-state index contributed by atoms with van der Waals surface area (Å²) < 4.78 is 25.7. The van der Waals surface area contributed by atoms with Gasteiger partial charge in [-0.3, -0.25) is 0 Å². The van der Waals surface area contributed by atoms with Crippen molar-refractivity contribution in [3.8, 4) is 0 Å². The van der Waals surface area contributed by atoms with Crippen LogP contribution in [0.1, 0.15) is 11.8 Å². The third-order valence-corrected chi connectivity index (χ3v) is 6.08. The maximum absolute atomic E-state index is 11.9. The highest BCUT2D eigenvalue weighted by Gasteiger charge is 2.22. The van der Waals surface area contributed by atoms with Crippen molar-refractivity contribution in [2.45, 2.75) is 18.4 Å². The zero-order valence-corrected chi connectivity index (χ0v) is 12.7. The molecular formula is C9H15BrN2O2S2. The van der Waals surface area contributed by atoms with Crippen LogP contribution in [0.5, 0.6) is 0 Å². The predicted octanol–water partition coefficient (Wildman–Crippen LogP) is 1.87. The molecule has 92 valence electrons. The lowest BCUT2D eigenvalue weighted by atomic mass is 10.4. The quantitative estimate of drug-likeness (QED) is 0.898. The van der Waals surface area contributed by atoms with E-state index in [4.69, 9.17) is 0 Å². The highest BCUT2D eigenvalue weighted by atomic mass is 79.9. The Bertz CT molecular complexity index is 454. The molecule has 1 heterocycles. The van der Waals surface area contributed by atoms with Crippen molar-refractivity contribution in [3.05, 3.63) is 14.7 Å². The third kappa shape index (κ3) is 3.04. The fourth-order valence-electron chi connectivity index (χ4n) is 1.11. The topological polar surface area (TPSA) is 49.4 Å². The third-order valence-electron chi connectivity index (χ3n) is 2.01. The molecule has 1 rings (SSSR count). The van der Waals surface area contributed by atoms with E-state index >= 15 is 0 Å². The highest BCUT2D eigenvalue weighted by molar-refractivity contribution is 9.11. The first-order chi connectivity index (χ1) is 7.39. The Labute approximate surface area is 109 Å². The van der Waals surface area contributed by atoms with Gasteiger partial charge in [0.25, 0.3) is 0 Å². The molecule has 0 amide bonds. The second-order valence-corrected chi connectivity index (χ2v) is 7.99. The number of nitrogens with zero attached hydrogens (tertiary/aromatic N) is 1. The minimum Gasteiger partial charge on any atom is -0.312 e. The van der Waals surface area contributed by atoms with Crippen LogP contribution in [0.4, 0.5) is 0 Å². The minimum atomic E-state index is -3.34. The van der Waals surface area contributed by atoms with Gasteiger partial charge in [0.05, 0.1) is 3.79 Å². The molecule has 0 aliphatic heterocycles. The fraction of sp³-hybridized carbons (Fsp3) is 0.556. The molecule has 1 N–H and O–H groups in total. The van der Waals surface area contributed by atoms with Gasteiger partial charge in [-0.2, -0.15) is 0 Å². The smallest absolute Gasteiger partial charge is 0.244 e. The van der Waals surface area contributed by atoms with E-state index in [2.05, 4.69) is 21.2 Å². The maximum Gasteiger partial charge on any atom is 0.244 e. The number of nitrogens with one attached hydrogen (secondary N) is 1. The molecule has 0 radical (unpaired) electrons. The average molecular weight is 327 g/mol. The average Bonchev–Trinajstić information content (AvgIpc) is 2.57. The Morgan fingerprint density at radius 1 is 1.50 bits per heavy atom. The summed E-state index contributed by atoms with van der Waals surface area (Å²) in [7, 11) is -0.280. The zero-order valence-electron chi connectivity index (χ0n) is 9.45. The fourth-order valence-corrected chi connectivity index (χ4v) is 4.60. The molecule has 0 aromatic carbocycles. The number of rotatable bonds is 5. The van der Waals surface area contributed by atoms with Gasteiger partial charge in [-0.15, -0.1) is 11.3 Å². The van der Waals surface area contributed by atoms with Crippen LogP contribution in [0.2, 0.25) is 0 Å². The number of hydrogen-bond donors (Lipinski definition) is 1. The minimum absolute atomic E-state index is 0.343. The second-order valence-electron chi connectivity index (χ2n) is 3.42. The summed E-state index contributed by atoms with van der Waals surface area (Å²) in [6.45, 7) is 3.58. The summed E-state index contributed by atoms with van der Waals surface area (Å²) in [6.07, 6.45) is 0. The van der Waals surface area contributed by atoms with Gasteiger partial charge in [0.15, 0.2) is 0 Å². The molecular weight excluding hydrogens is 312 g/mol. The lowest BCUT2D eigenvalue weighted by molar-refractivity contribution is 0.520. The van der Waals surface area contributed by atoms with Crippen molar-refractivity contribution in [1.82, 2.24) is 9.62 Å². The summed E-state index contributed by atoms with van der Waals surface area (Å²) in [6, 6.07) is 1.72. The Morgan fingerprint density at radius 3 is 2.62 bits per heavy atom. The first kappa shape index (κ1) is 14.1. The predicted molar refractivity (Wildman–Crippen MR) is 70.3 cm³/mol. The van der Waals surface area contributed by atoms with Crippen molar-refractivity contribution in [2.24, 2.45) is 0 Å².